The van der Waals surface area contributed by atoms with E-state index >= 15 is 0 Å². The fraction of sp³-hybridized carbons (Fsp3) is 0.100. The molecule has 0 bridgehead atoms. The van der Waals surface area contributed by atoms with Gasteiger partial charge in [-0.1, -0.05) is 0 Å². The molecule has 2 aromatic rings. The number of rotatable bonds is 1. The van der Waals surface area contributed by atoms with Crippen LogP contribution in [0, 0.1) is 9.39 Å². The van der Waals surface area contributed by atoms with Gasteiger partial charge >= 0.3 is 5.97 Å². The van der Waals surface area contributed by atoms with E-state index < -0.39 is 11.8 Å². The van der Waals surface area contributed by atoms with Crippen molar-refractivity contribution in [1.29, 1.82) is 0 Å². The van der Waals surface area contributed by atoms with Crippen LogP contribution in [0.2, 0.25) is 0 Å². The summed E-state index contributed by atoms with van der Waals surface area (Å²) < 4.78 is 18.9. The van der Waals surface area contributed by atoms with Crippen molar-refractivity contribution in [2.75, 3.05) is 7.11 Å². The van der Waals surface area contributed by atoms with Crippen LogP contribution in [0.4, 0.5) is 4.39 Å². The zero-order valence-corrected chi connectivity index (χ0v) is 9.96. The zero-order chi connectivity index (χ0) is 11.0. The van der Waals surface area contributed by atoms with Crippen molar-refractivity contribution in [2.24, 2.45) is 0 Å². The molecule has 0 unspecified atom stereocenters. The third-order valence-corrected chi connectivity index (χ3v) is 3.02. The van der Waals surface area contributed by atoms with Crippen molar-refractivity contribution in [3.05, 3.63) is 33.3 Å². The molecule has 78 valence electrons. The largest absolute Gasteiger partial charge is 0.465 e. The fourth-order valence-corrected chi connectivity index (χ4v) is 1.98. The minimum absolute atomic E-state index is 0.0525. The number of H-pyrrole nitrogens is 1. The molecule has 0 aliphatic heterocycles. The molecule has 0 radical (unpaired) electrons. The predicted molar refractivity (Wildman–Crippen MR) is 62.3 cm³/mol. The van der Waals surface area contributed by atoms with Crippen molar-refractivity contribution in [2.45, 2.75) is 0 Å². The summed E-state index contributed by atoms with van der Waals surface area (Å²) in [5.74, 6) is -1.23. The lowest BCUT2D eigenvalue weighted by Gasteiger charge is -2.01. The van der Waals surface area contributed by atoms with E-state index in [1.165, 1.54) is 19.2 Å². The van der Waals surface area contributed by atoms with Gasteiger partial charge in [-0.2, -0.15) is 0 Å². The summed E-state index contributed by atoms with van der Waals surface area (Å²) in [5, 5.41) is 0.765. The Labute approximate surface area is 98.8 Å². The summed E-state index contributed by atoms with van der Waals surface area (Å²) in [6.07, 6.45) is 1.76. The van der Waals surface area contributed by atoms with E-state index in [2.05, 4.69) is 32.3 Å². The Balaban J connectivity index is 2.68. The van der Waals surface area contributed by atoms with Gasteiger partial charge in [-0.05, 0) is 34.7 Å². The van der Waals surface area contributed by atoms with Gasteiger partial charge in [0.05, 0.1) is 12.7 Å². The number of fused-ring (bicyclic) bond motifs is 1. The molecule has 1 heterocycles. The molecule has 15 heavy (non-hydrogen) atoms. The minimum Gasteiger partial charge on any atom is -0.465 e. The lowest BCUT2D eigenvalue weighted by molar-refractivity contribution is 0.0595. The predicted octanol–water partition coefficient (Wildman–Crippen LogP) is 2.70. The maximum absolute atomic E-state index is 13.5. The van der Waals surface area contributed by atoms with Crippen LogP contribution in [0.5, 0.6) is 0 Å². The summed E-state index contributed by atoms with van der Waals surface area (Å²) in [6, 6.07) is 2.79. The van der Waals surface area contributed by atoms with Gasteiger partial charge in [0.1, 0.15) is 5.82 Å². The van der Waals surface area contributed by atoms with Crippen molar-refractivity contribution in [1.82, 2.24) is 4.98 Å². The molecule has 1 aromatic carbocycles. The molecule has 0 saturated carbocycles. The lowest BCUT2D eigenvalue weighted by atomic mass is 10.1. The van der Waals surface area contributed by atoms with Gasteiger partial charge in [-0.15, -0.1) is 0 Å². The number of methoxy groups -OCH3 is 1. The molecular formula is C10H7FINO2. The highest BCUT2D eigenvalue weighted by Gasteiger charge is 2.14. The number of aromatic nitrogens is 1. The first-order valence-corrected chi connectivity index (χ1v) is 5.26. The van der Waals surface area contributed by atoms with Crippen LogP contribution >= 0.6 is 22.6 Å². The number of halogens is 2. The quantitative estimate of drug-likeness (QED) is 0.649. The molecule has 0 fully saturated rings. The standard InChI is InChI=1S/C10H7FINO2/c1-15-10(14)5-3-9-6(2-7(5)11)8(12)4-13-9/h2-4,13H,1H3. The van der Waals surface area contributed by atoms with Gasteiger partial charge in [0.15, 0.2) is 0 Å². The Morgan fingerprint density at radius 3 is 2.93 bits per heavy atom. The summed E-state index contributed by atoms with van der Waals surface area (Å²) in [7, 11) is 1.23. The SMILES string of the molecule is COC(=O)c1cc2[nH]cc(I)c2cc1F. The van der Waals surface area contributed by atoms with Crippen molar-refractivity contribution < 1.29 is 13.9 Å². The first kappa shape index (κ1) is 10.4. The first-order valence-electron chi connectivity index (χ1n) is 4.18. The van der Waals surface area contributed by atoms with E-state index in [1.54, 1.807) is 6.20 Å². The molecule has 0 saturated heterocycles. The fourth-order valence-electron chi connectivity index (χ4n) is 1.38. The maximum Gasteiger partial charge on any atom is 0.340 e. The number of ether oxygens (including phenoxy) is 1. The number of nitrogens with one attached hydrogen (secondary N) is 1. The van der Waals surface area contributed by atoms with Gasteiger partial charge in [0, 0.05) is 20.7 Å². The molecule has 0 aliphatic rings. The Kier molecular flexibility index (Phi) is 2.64. The number of hydrogen-bond donors (Lipinski definition) is 1. The number of aromatic amines is 1. The van der Waals surface area contributed by atoms with Gasteiger partial charge in [0.25, 0.3) is 0 Å². The highest BCUT2D eigenvalue weighted by molar-refractivity contribution is 14.1. The molecule has 0 atom stereocenters. The van der Waals surface area contributed by atoms with Gasteiger partial charge in [-0.3, -0.25) is 0 Å². The van der Waals surface area contributed by atoms with Gasteiger partial charge in [-0.25, -0.2) is 9.18 Å². The third kappa shape index (κ3) is 1.71. The van der Waals surface area contributed by atoms with Crippen LogP contribution in [0.25, 0.3) is 10.9 Å². The monoisotopic (exact) mass is 319 g/mol. The van der Waals surface area contributed by atoms with E-state index in [0.717, 1.165) is 14.5 Å². The van der Waals surface area contributed by atoms with E-state index in [9.17, 15) is 9.18 Å². The third-order valence-electron chi connectivity index (χ3n) is 2.12. The second-order valence-corrected chi connectivity index (χ2v) is 4.17. The Morgan fingerprint density at radius 2 is 2.27 bits per heavy atom. The summed E-state index contributed by atoms with van der Waals surface area (Å²) in [4.78, 5) is 14.2. The highest BCUT2D eigenvalue weighted by Crippen LogP contribution is 2.23. The minimum atomic E-state index is -0.668. The second-order valence-electron chi connectivity index (χ2n) is 3.01. The second kappa shape index (κ2) is 3.80. The molecule has 1 aromatic heterocycles. The molecule has 0 amide bonds. The van der Waals surface area contributed by atoms with Crippen LogP contribution in [0.15, 0.2) is 18.3 Å². The topological polar surface area (TPSA) is 42.1 Å². The first-order chi connectivity index (χ1) is 7.13. The zero-order valence-electron chi connectivity index (χ0n) is 7.80. The number of carbonyl (C=O) groups excluding carboxylic acids is 1. The lowest BCUT2D eigenvalue weighted by Crippen LogP contribution is -2.04. The van der Waals surface area contributed by atoms with Gasteiger partial charge < -0.3 is 9.72 Å². The van der Waals surface area contributed by atoms with Crippen LogP contribution in [0.1, 0.15) is 10.4 Å². The summed E-state index contributed by atoms with van der Waals surface area (Å²) in [6.45, 7) is 0. The normalized spacial score (nSPS) is 10.6. The Bertz CT molecular complexity index is 535. The van der Waals surface area contributed by atoms with Crippen LogP contribution in [-0.4, -0.2) is 18.1 Å². The summed E-state index contributed by atoms with van der Waals surface area (Å²) >= 11 is 2.09. The van der Waals surface area contributed by atoms with E-state index in [4.69, 9.17) is 0 Å². The van der Waals surface area contributed by atoms with E-state index in [-0.39, 0.29) is 5.56 Å². The maximum atomic E-state index is 13.5. The summed E-state index contributed by atoms with van der Waals surface area (Å²) in [5.41, 5.74) is 0.671. The van der Waals surface area contributed by atoms with E-state index in [1.807, 2.05) is 0 Å². The molecule has 5 heteroatoms. The van der Waals surface area contributed by atoms with Gasteiger partial charge in [0.2, 0.25) is 0 Å². The Morgan fingerprint density at radius 1 is 1.53 bits per heavy atom. The van der Waals surface area contributed by atoms with Crippen molar-refractivity contribution in [3.8, 4) is 0 Å². The number of hydrogen-bond acceptors (Lipinski definition) is 2. The molecule has 2 rings (SSSR count). The van der Waals surface area contributed by atoms with Crippen molar-refractivity contribution in [3.63, 3.8) is 0 Å². The molecule has 0 spiro atoms. The molecule has 3 nitrogen and oxygen atoms in total. The number of carbonyl (C=O) groups is 1. The average Bonchev–Trinajstić information content (AvgIpc) is 2.58. The van der Waals surface area contributed by atoms with Crippen molar-refractivity contribution >= 4 is 39.5 Å². The molecular weight excluding hydrogens is 312 g/mol. The Hall–Kier alpha value is -1.11. The van der Waals surface area contributed by atoms with Crippen LogP contribution in [0.3, 0.4) is 0 Å². The number of esters is 1. The van der Waals surface area contributed by atoms with E-state index in [0.29, 0.717) is 0 Å². The van der Waals surface area contributed by atoms with Crippen LogP contribution in [-0.2, 0) is 4.74 Å². The number of benzene rings is 1. The smallest absolute Gasteiger partial charge is 0.340 e. The average molecular weight is 319 g/mol. The highest BCUT2D eigenvalue weighted by atomic mass is 127. The molecule has 1 N–H and O–H groups in total. The van der Waals surface area contributed by atoms with Crippen LogP contribution < -0.4 is 0 Å². The molecule has 0 aliphatic carbocycles.